The van der Waals surface area contributed by atoms with Gasteiger partial charge in [-0.3, -0.25) is 0 Å². The van der Waals surface area contributed by atoms with E-state index in [0.29, 0.717) is 6.54 Å². The number of aliphatic hydroxyl groups is 1. The third-order valence-corrected chi connectivity index (χ3v) is 4.53. The highest BCUT2D eigenvalue weighted by Crippen LogP contribution is 2.27. The molecule has 1 aliphatic rings. The lowest BCUT2D eigenvalue weighted by molar-refractivity contribution is 0.133. The van der Waals surface area contributed by atoms with E-state index in [0.717, 1.165) is 35.6 Å². The standard InChI is InChI=1S/C15H22N2O2S/c1-2-20-14-9-4-3-7-12(14)17-15(19)16-10-11-6-5-8-13(11)18/h3-4,7,9,11,13,18H,2,5-6,8,10H2,1H3,(H2,16,17,19). The fraction of sp³-hybridized carbons (Fsp3) is 0.533. The third kappa shape index (κ3) is 4.15. The molecule has 2 unspecified atom stereocenters. The highest BCUT2D eigenvalue weighted by atomic mass is 32.2. The third-order valence-electron chi connectivity index (χ3n) is 3.58. The maximum atomic E-state index is 11.9. The Kier molecular flexibility index (Phi) is 5.73. The number of carbonyl (C=O) groups is 1. The highest BCUT2D eigenvalue weighted by Gasteiger charge is 2.25. The molecule has 20 heavy (non-hydrogen) atoms. The lowest BCUT2D eigenvalue weighted by atomic mass is 10.1. The molecule has 1 fully saturated rings. The van der Waals surface area contributed by atoms with Crippen LogP contribution in [0, 0.1) is 5.92 Å². The molecule has 1 saturated carbocycles. The van der Waals surface area contributed by atoms with Gasteiger partial charge in [-0.2, -0.15) is 0 Å². The summed E-state index contributed by atoms with van der Waals surface area (Å²) in [7, 11) is 0. The molecule has 2 rings (SSSR count). The number of urea groups is 1. The van der Waals surface area contributed by atoms with E-state index >= 15 is 0 Å². The zero-order chi connectivity index (χ0) is 14.4. The summed E-state index contributed by atoms with van der Waals surface area (Å²) in [6, 6.07) is 7.59. The lowest BCUT2D eigenvalue weighted by Gasteiger charge is -2.16. The summed E-state index contributed by atoms with van der Waals surface area (Å²) in [6.07, 6.45) is 2.62. The normalized spacial score (nSPS) is 21.7. The summed E-state index contributed by atoms with van der Waals surface area (Å²) in [6.45, 7) is 2.62. The van der Waals surface area contributed by atoms with Crippen LogP contribution in [0.5, 0.6) is 0 Å². The first-order chi connectivity index (χ1) is 9.70. The molecule has 0 saturated heterocycles. The molecule has 1 aromatic rings. The molecule has 110 valence electrons. The van der Waals surface area contributed by atoms with Crippen LogP contribution in [0.1, 0.15) is 26.2 Å². The average Bonchev–Trinajstić information content (AvgIpc) is 2.84. The number of nitrogens with one attached hydrogen (secondary N) is 2. The summed E-state index contributed by atoms with van der Waals surface area (Å²) in [5.74, 6) is 1.16. The number of thioether (sulfide) groups is 1. The van der Waals surface area contributed by atoms with Gasteiger partial charge in [-0.25, -0.2) is 4.79 Å². The summed E-state index contributed by atoms with van der Waals surface area (Å²) in [5.41, 5.74) is 0.837. The van der Waals surface area contributed by atoms with Crippen LogP contribution in [0.2, 0.25) is 0 Å². The quantitative estimate of drug-likeness (QED) is 0.731. The van der Waals surface area contributed by atoms with Gasteiger partial charge in [-0.1, -0.05) is 25.5 Å². The number of anilines is 1. The molecule has 0 aromatic heterocycles. The Hall–Kier alpha value is -1.20. The Morgan fingerprint density at radius 2 is 2.20 bits per heavy atom. The van der Waals surface area contributed by atoms with Crippen molar-refractivity contribution in [3.05, 3.63) is 24.3 Å². The van der Waals surface area contributed by atoms with E-state index in [9.17, 15) is 9.90 Å². The van der Waals surface area contributed by atoms with Crippen LogP contribution in [-0.4, -0.2) is 29.5 Å². The van der Waals surface area contributed by atoms with Gasteiger partial charge < -0.3 is 15.7 Å². The first-order valence-electron chi connectivity index (χ1n) is 7.15. The van der Waals surface area contributed by atoms with Gasteiger partial charge in [0, 0.05) is 17.4 Å². The molecule has 2 amide bonds. The molecular formula is C15H22N2O2S. The zero-order valence-electron chi connectivity index (χ0n) is 11.8. The van der Waals surface area contributed by atoms with Gasteiger partial charge in [-0.15, -0.1) is 11.8 Å². The van der Waals surface area contributed by atoms with E-state index in [2.05, 4.69) is 17.6 Å². The molecule has 5 heteroatoms. The number of rotatable bonds is 5. The van der Waals surface area contributed by atoms with Crippen molar-refractivity contribution in [1.29, 1.82) is 0 Å². The minimum absolute atomic E-state index is 0.195. The number of benzene rings is 1. The van der Waals surface area contributed by atoms with E-state index in [1.165, 1.54) is 0 Å². The number of para-hydroxylation sites is 1. The fourth-order valence-corrected chi connectivity index (χ4v) is 3.26. The molecule has 4 nitrogen and oxygen atoms in total. The van der Waals surface area contributed by atoms with Gasteiger partial charge in [0.1, 0.15) is 0 Å². The average molecular weight is 294 g/mol. The van der Waals surface area contributed by atoms with E-state index in [4.69, 9.17) is 0 Å². The Balaban J connectivity index is 1.85. The molecule has 1 aromatic carbocycles. The molecule has 0 spiro atoms. The van der Waals surface area contributed by atoms with Crippen molar-refractivity contribution < 1.29 is 9.90 Å². The van der Waals surface area contributed by atoms with E-state index < -0.39 is 0 Å². The SMILES string of the molecule is CCSc1ccccc1NC(=O)NCC1CCCC1O. The molecule has 0 heterocycles. The minimum atomic E-state index is -0.266. The number of amides is 2. The number of hydrogen-bond acceptors (Lipinski definition) is 3. The van der Waals surface area contributed by atoms with Crippen LogP contribution in [0.3, 0.4) is 0 Å². The van der Waals surface area contributed by atoms with Crippen LogP contribution in [-0.2, 0) is 0 Å². The maximum absolute atomic E-state index is 11.9. The van der Waals surface area contributed by atoms with E-state index in [1.54, 1.807) is 11.8 Å². The predicted molar refractivity (Wildman–Crippen MR) is 83.2 cm³/mol. The second-order valence-corrected chi connectivity index (χ2v) is 6.33. The Bertz CT molecular complexity index is 453. The summed E-state index contributed by atoms with van der Waals surface area (Å²) < 4.78 is 0. The zero-order valence-corrected chi connectivity index (χ0v) is 12.6. The van der Waals surface area contributed by atoms with Crippen molar-refractivity contribution in [2.45, 2.75) is 37.2 Å². The Labute approximate surface area is 124 Å². The number of aliphatic hydroxyl groups excluding tert-OH is 1. The lowest BCUT2D eigenvalue weighted by Crippen LogP contribution is -2.35. The second-order valence-electron chi connectivity index (χ2n) is 5.02. The van der Waals surface area contributed by atoms with Crippen LogP contribution < -0.4 is 10.6 Å². The summed E-state index contributed by atoms with van der Waals surface area (Å²) in [4.78, 5) is 13.0. The largest absolute Gasteiger partial charge is 0.393 e. The molecule has 3 N–H and O–H groups in total. The fourth-order valence-electron chi connectivity index (χ4n) is 2.50. The maximum Gasteiger partial charge on any atom is 0.319 e. The summed E-state index contributed by atoms with van der Waals surface area (Å²) in [5, 5.41) is 15.5. The van der Waals surface area contributed by atoms with Crippen LogP contribution in [0.25, 0.3) is 0 Å². The monoisotopic (exact) mass is 294 g/mol. The van der Waals surface area contributed by atoms with Crippen molar-refractivity contribution in [1.82, 2.24) is 5.32 Å². The molecule has 1 aliphatic carbocycles. The first kappa shape index (κ1) is 15.2. The molecular weight excluding hydrogens is 272 g/mol. The Morgan fingerprint density at radius 1 is 1.40 bits per heavy atom. The molecule has 2 atom stereocenters. The number of carbonyl (C=O) groups excluding carboxylic acids is 1. The van der Waals surface area contributed by atoms with E-state index in [1.807, 2.05) is 24.3 Å². The van der Waals surface area contributed by atoms with Gasteiger partial charge in [0.05, 0.1) is 11.8 Å². The topological polar surface area (TPSA) is 61.4 Å². The van der Waals surface area contributed by atoms with Crippen molar-refractivity contribution in [2.75, 3.05) is 17.6 Å². The van der Waals surface area contributed by atoms with Gasteiger partial charge >= 0.3 is 6.03 Å². The molecule has 0 aliphatic heterocycles. The summed E-state index contributed by atoms with van der Waals surface area (Å²) >= 11 is 1.71. The molecule has 0 radical (unpaired) electrons. The minimum Gasteiger partial charge on any atom is -0.393 e. The van der Waals surface area contributed by atoms with Gasteiger partial charge in [0.25, 0.3) is 0 Å². The first-order valence-corrected chi connectivity index (χ1v) is 8.14. The van der Waals surface area contributed by atoms with E-state index in [-0.39, 0.29) is 18.1 Å². The van der Waals surface area contributed by atoms with Crippen LogP contribution in [0.15, 0.2) is 29.2 Å². The second kappa shape index (κ2) is 7.55. The predicted octanol–water partition coefficient (Wildman–Crippen LogP) is 3.08. The van der Waals surface area contributed by atoms with Gasteiger partial charge in [0.2, 0.25) is 0 Å². The van der Waals surface area contributed by atoms with Gasteiger partial charge in [-0.05, 0) is 30.7 Å². The number of hydrogen-bond donors (Lipinski definition) is 3. The van der Waals surface area contributed by atoms with Gasteiger partial charge in [0.15, 0.2) is 0 Å². The smallest absolute Gasteiger partial charge is 0.319 e. The van der Waals surface area contributed by atoms with Crippen molar-refractivity contribution >= 4 is 23.5 Å². The van der Waals surface area contributed by atoms with Crippen molar-refractivity contribution in [2.24, 2.45) is 5.92 Å². The van der Waals surface area contributed by atoms with Crippen molar-refractivity contribution in [3.63, 3.8) is 0 Å². The molecule has 0 bridgehead atoms. The Morgan fingerprint density at radius 3 is 2.90 bits per heavy atom. The van der Waals surface area contributed by atoms with Crippen LogP contribution in [0.4, 0.5) is 10.5 Å². The highest BCUT2D eigenvalue weighted by molar-refractivity contribution is 7.99. The van der Waals surface area contributed by atoms with Crippen molar-refractivity contribution in [3.8, 4) is 0 Å². The van der Waals surface area contributed by atoms with Crippen LogP contribution >= 0.6 is 11.8 Å².